The summed E-state index contributed by atoms with van der Waals surface area (Å²) < 4.78 is 18.5. The highest BCUT2D eigenvalue weighted by Crippen LogP contribution is 2.19. The molecular weight excluding hydrogens is 275 g/mol. The SMILES string of the molecule is COc1ccc(NC(=S)Nc2cccc(F)c2C)cc1. The van der Waals surface area contributed by atoms with Gasteiger partial charge in [0.15, 0.2) is 5.11 Å². The summed E-state index contributed by atoms with van der Waals surface area (Å²) in [6.07, 6.45) is 0. The molecule has 0 atom stereocenters. The number of halogens is 1. The third-order valence-electron chi connectivity index (χ3n) is 2.86. The molecule has 104 valence electrons. The summed E-state index contributed by atoms with van der Waals surface area (Å²) in [6, 6.07) is 12.2. The quantitative estimate of drug-likeness (QED) is 0.839. The molecule has 0 aromatic heterocycles. The molecule has 2 aromatic carbocycles. The minimum atomic E-state index is -0.262. The zero-order chi connectivity index (χ0) is 14.5. The molecule has 0 spiro atoms. The molecule has 2 N–H and O–H groups in total. The fourth-order valence-electron chi connectivity index (χ4n) is 1.70. The largest absolute Gasteiger partial charge is 0.497 e. The monoisotopic (exact) mass is 290 g/mol. The zero-order valence-electron chi connectivity index (χ0n) is 11.2. The summed E-state index contributed by atoms with van der Waals surface area (Å²) in [5.74, 6) is 0.512. The summed E-state index contributed by atoms with van der Waals surface area (Å²) in [7, 11) is 1.61. The maximum Gasteiger partial charge on any atom is 0.175 e. The summed E-state index contributed by atoms with van der Waals surface area (Å²) in [6.45, 7) is 1.70. The van der Waals surface area contributed by atoms with Gasteiger partial charge in [-0.2, -0.15) is 0 Å². The Balaban J connectivity index is 2.03. The van der Waals surface area contributed by atoms with E-state index in [2.05, 4.69) is 10.6 Å². The van der Waals surface area contributed by atoms with Crippen LogP contribution in [0, 0.1) is 12.7 Å². The lowest BCUT2D eigenvalue weighted by Crippen LogP contribution is -2.19. The Labute approximate surface area is 122 Å². The molecule has 0 amide bonds. The molecule has 0 saturated heterocycles. The van der Waals surface area contributed by atoms with Crippen molar-refractivity contribution in [3.63, 3.8) is 0 Å². The van der Waals surface area contributed by atoms with E-state index in [1.807, 2.05) is 24.3 Å². The van der Waals surface area contributed by atoms with Crippen molar-refractivity contribution in [2.45, 2.75) is 6.92 Å². The Bertz CT molecular complexity index is 614. The first-order valence-corrected chi connectivity index (χ1v) is 6.48. The molecule has 0 radical (unpaired) electrons. The smallest absolute Gasteiger partial charge is 0.175 e. The zero-order valence-corrected chi connectivity index (χ0v) is 12.1. The number of hydrogen-bond donors (Lipinski definition) is 2. The van der Waals surface area contributed by atoms with Gasteiger partial charge in [-0.25, -0.2) is 4.39 Å². The lowest BCUT2D eigenvalue weighted by molar-refractivity contribution is 0.415. The summed E-state index contributed by atoms with van der Waals surface area (Å²) in [5.41, 5.74) is 2.01. The Kier molecular flexibility index (Phi) is 4.53. The van der Waals surface area contributed by atoms with Gasteiger partial charge in [-0.3, -0.25) is 0 Å². The van der Waals surface area contributed by atoms with Crippen LogP contribution in [-0.4, -0.2) is 12.2 Å². The van der Waals surface area contributed by atoms with Crippen molar-refractivity contribution in [3.8, 4) is 5.75 Å². The van der Waals surface area contributed by atoms with Gasteiger partial charge >= 0.3 is 0 Å². The number of methoxy groups -OCH3 is 1. The Morgan fingerprint density at radius 1 is 1.10 bits per heavy atom. The van der Waals surface area contributed by atoms with Crippen LogP contribution in [-0.2, 0) is 0 Å². The maximum absolute atomic E-state index is 13.4. The molecule has 0 aliphatic heterocycles. The third-order valence-corrected chi connectivity index (χ3v) is 3.07. The van der Waals surface area contributed by atoms with Crippen LogP contribution in [0.2, 0.25) is 0 Å². The molecule has 2 rings (SSSR count). The standard InChI is InChI=1S/C15H15FN2OS/c1-10-13(16)4-3-5-14(10)18-15(20)17-11-6-8-12(19-2)9-7-11/h3-9H,1-2H3,(H2,17,18,20). The van der Waals surface area contributed by atoms with E-state index in [-0.39, 0.29) is 5.82 Å². The number of hydrogen-bond acceptors (Lipinski definition) is 2. The number of anilines is 2. The van der Waals surface area contributed by atoms with Crippen molar-refractivity contribution in [3.05, 3.63) is 53.8 Å². The minimum absolute atomic E-state index is 0.262. The van der Waals surface area contributed by atoms with Gasteiger partial charge in [0.2, 0.25) is 0 Å². The van der Waals surface area contributed by atoms with Gasteiger partial charge in [-0.15, -0.1) is 0 Å². The predicted octanol–water partition coefficient (Wildman–Crippen LogP) is 3.95. The average molecular weight is 290 g/mol. The highest BCUT2D eigenvalue weighted by Gasteiger charge is 2.05. The minimum Gasteiger partial charge on any atom is -0.497 e. The number of thiocarbonyl (C=S) groups is 1. The van der Waals surface area contributed by atoms with Gasteiger partial charge in [0.25, 0.3) is 0 Å². The van der Waals surface area contributed by atoms with Crippen molar-refractivity contribution in [2.75, 3.05) is 17.7 Å². The maximum atomic E-state index is 13.4. The number of benzene rings is 2. The number of ether oxygens (including phenoxy) is 1. The van der Waals surface area contributed by atoms with E-state index >= 15 is 0 Å². The van der Waals surface area contributed by atoms with Crippen molar-refractivity contribution < 1.29 is 9.13 Å². The van der Waals surface area contributed by atoms with E-state index in [9.17, 15) is 4.39 Å². The van der Waals surface area contributed by atoms with Crippen LogP contribution in [0.15, 0.2) is 42.5 Å². The van der Waals surface area contributed by atoms with Crippen LogP contribution in [0.1, 0.15) is 5.56 Å². The van der Waals surface area contributed by atoms with Crippen molar-refractivity contribution >= 4 is 28.7 Å². The van der Waals surface area contributed by atoms with Crippen LogP contribution in [0.5, 0.6) is 5.75 Å². The molecule has 0 fully saturated rings. The molecule has 20 heavy (non-hydrogen) atoms. The highest BCUT2D eigenvalue weighted by atomic mass is 32.1. The van der Waals surface area contributed by atoms with Gasteiger partial charge in [-0.05, 0) is 55.5 Å². The fourth-order valence-corrected chi connectivity index (χ4v) is 1.93. The average Bonchev–Trinajstić information content (AvgIpc) is 2.45. The molecule has 5 heteroatoms. The van der Waals surface area contributed by atoms with E-state index in [0.717, 1.165) is 11.4 Å². The molecule has 0 aliphatic carbocycles. The molecule has 0 heterocycles. The molecule has 3 nitrogen and oxygen atoms in total. The predicted molar refractivity (Wildman–Crippen MR) is 84.0 cm³/mol. The second-order valence-corrected chi connectivity index (χ2v) is 4.63. The van der Waals surface area contributed by atoms with Gasteiger partial charge in [0, 0.05) is 16.9 Å². The van der Waals surface area contributed by atoms with Crippen LogP contribution in [0.4, 0.5) is 15.8 Å². The Hall–Kier alpha value is -2.14. The molecule has 0 aliphatic rings. The van der Waals surface area contributed by atoms with Crippen molar-refractivity contribution in [1.29, 1.82) is 0 Å². The summed E-state index contributed by atoms with van der Waals surface area (Å²) >= 11 is 5.21. The van der Waals surface area contributed by atoms with Crippen molar-refractivity contribution in [1.82, 2.24) is 0 Å². The number of rotatable bonds is 3. The molecule has 0 bridgehead atoms. The molecule has 0 saturated carbocycles. The number of nitrogens with one attached hydrogen (secondary N) is 2. The second-order valence-electron chi connectivity index (χ2n) is 4.22. The topological polar surface area (TPSA) is 33.3 Å². The first-order chi connectivity index (χ1) is 9.60. The van der Waals surface area contributed by atoms with Gasteiger partial charge in [0.1, 0.15) is 11.6 Å². The Morgan fingerprint density at radius 3 is 2.45 bits per heavy atom. The first kappa shape index (κ1) is 14.3. The Morgan fingerprint density at radius 2 is 1.80 bits per heavy atom. The van der Waals surface area contributed by atoms with Gasteiger partial charge in [0.05, 0.1) is 7.11 Å². The van der Waals surface area contributed by atoms with Gasteiger partial charge < -0.3 is 15.4 Å². The van der Waals surface area contributed by atoms with Crippen molar-refractivity contribution in [2.24, 2.45) is 0 Å². The van der Waals surface area contributed by atoms with E-state index in [0.29, 0.717) is 16.4 Å². The van der Waals surface area contributed by atoms with E-state index in [1.54, 1.807) is 26.2 Å². The van der Waals surface area contributed by atoms with E-state index in [4.69, 9.17) is 17.0 Å². The fraction of sp³-hybridized carbons (Fsp3) is 0.133. The highest BCUT2D eigenvalue weighted by molar-refractivity contribution is 7.80. The summed E-state index contributed by atoms with van der Waals surface area (Å²) in [5, 5.41) is 6.41. The van der Waals surface area contributed by atoms with Crippen LogP contribution in [0.3, 0.4) is 0 Å². The molecular formula is C15H15FN2OS. The lowest BCUT2D eigenvalue weighted by Gasteiger charge is -2.13. The van der Waals surface area contributed by atoms with Crippen LogP contribution in [0.25, 0.3) is 0 Å². The van der Waals surface area contributed by atoms with Crippen LogP contribution < -0.4 is 15.4 Å². The summed E-state index contributed by atoms with van der Waals surface area (Å²) in [4.78, 5) is 0. The van der Waals surface area contributed by atoms with E-state index in [1.165, 1.54) is 6.07 Å². The normalized spacial score (nSPS) is 9.95. The first-order valence-electron chi connectivity index (χ1n) is 6.07. The van der Waals surface area contributed by atoms with Gasteiger partial charge in [-0.1, -0.05) is 6.07 Å². The molecule has 0 unspecified atom stereocenters. The van der Waals surface area contributed by atoms with E-state index < -0.39 is 0 Å². The van der Waals surface area contributed by atoms with Crippen LogP contribution >= 0.6 is 12.2 Å². The third kappa shape index (κ3) is 3.45. The molecule has 2 aromatic rings. The lowest BCUT2D eigenvalue weighted by atomic mass is 10.2. The second kappa shape index (κ2) is 6.34.